The van der Waals surface area contributed by atoms with E-state index >= 15 is 0 Å². The number of thioether (sulfide) groups is 1. The van der Waals surface area contributed by atoms with E-state index in [4.69, 9.17) is 11.0 Å². The number of rotatable bonds is 8. The summed E-state index contributed by atoms with van der Waals surface area (Å²) in [5.74, 6) is 1.70. The van der Waals surface area contributed by atoms with E-state index in [1.54, 1.807) is 11.8 Å². The molecule has 0 aliphatic rings. The summed E-state index contributed by atoms with van der Waals surface area (Å²) in [5, 5.41) is 8.83. The lowest BCUT2D eigenvalue weighted by Gasteiger charge is -2.18. The molecule has 2 N–H and O–H groups in total. The number of nitriles is 1. The van der Waals surface area contributed by atoms with Gasteiger partial charge in [0.2, 0.25) is 0 Å². The first-order valence-electron chi connectivity index (χ1n) is 5.28. The molecule has 0 bridgehead atoms. The van der Waals surface area contributed by atoms with Gasteiger partial charge in [0, 0.05) is 12.0 Å². The molecule has 0 saturated heterocycles. The van der Waals surface area contributed by atoms with Crippen molar-refractivity contribution < 1.29 is 8.42 Å². The Kier molecular flexibility index (Phi) is 7.04. The second-order valence-electron chi connectivity index (χ2n) is 3.97. The van der Waals surface area contributed by atoms with Crippen LogP contribution >= 0.6 is 11.8 Å². The molecular weight excluding hydrogens is 244 g/mol. The van der Waals surface area contributed by atoms with Crippen molar-refractivity contribution in [3.05, 3.63) is 0 Å². The summed E-state index contributed by atoms with van der Waals surface area (Å²) in [5.41, 5.74) is 5.10. The SMILES string of the molecule is CCC(N)(C#N)CCCSCCS(C)(=O)=O. The fourth-order valence-electron chi connectivity index (χ4n) is 1.11. The molecule has 0 aromatic heterocycles. The molecule has 6 heteroatoms. The lowest BCUT2D eigenvalue weighted by molar-refractivity contribution is 0.478. The summed E-state index contributed by atoms with van der Waals surface area (Å²) < 4.78 is 21.7. The average Bonchev–Trinajstić information content (AvgIpc) is 2.21. The van der Waals surface area contributed by atoms with E-state index in [2.05, 4.69) is 6.07 Å². The lowest BCUT2D eigenvalue weighted by atomic mass is 9.94. The minimum absolute atomic E-state index is 0.220. The van der Waals surface area contributed by atoms with E-state index in [1.807, 2.05) is 6.92 Å². The van der Waals surface area contributed by atoms with Crippen molar-refractivity contribution >= 4 is 21.6 Å². The van der Waals surface area contributed by atoms with Crippen LogP contribution < -0.4 is 5.73 Å². The van der Waals surface area contributed by atoms with Crippen LogP contribution in [0.1, 0.15) is 26.2 Å². The predicted octanol–water partition coefficient (Wildman–Crippen LogP) is 1.18. The third-order valence-corrected chi connectivity index (χ3v) is 4.64. The first-order chi connectivity index (χ1) is 7.33. The van der Waals surface area contributed by atoms with Gasteiger partial charge in [0.1, 0.15) is 15.4 Å². The monoisotopic (exact) mass is 264 g/mol. The molecular formula is C10H20N2O2S2. The van der Waals surface area contributed by atoms with Gasteiger partial charge in [-0.05, 0) is 25.0 Å². The number of hydrogen-bond acceptors (Lipinski definition) is 5. The van der Waals surface area contributed by atoms with Crippen LogP contribution in [0.25, 0.3) is 0 Å². The molecule has 4 nitrogen and oxygen atoms in total. The minimum Gasteiger partial charge on any atom is -0.313 e. The van der Waals surface area contributed by atoms with Crippen LogP contribution in [0.3, 0.4) is 0 Å². The van der Waals surface area contributed by atoms with Crippen molar-refractivity contribution in [2.45, 2.75) is 31.7 Å². The van der Waals surface area contributed by atoms with Gasteiger partial charge >= 0.3 is 0 Å². The van der Waals surface area contributed by atoms with Gasteiger partial charge in [-0.1, -0.05) is 6.92 Å². The van der Waals surface area contributed by atoms with Gasteiger partial charge in [-0.2, -0.15) is 17.0 Å². The molecule has 0 aromatic carbocycles. The highest BCUT2D eigenvalue weighted by Gasteiger charge is 2.20. The van der Waals surface area contributed by atoms with Crippen LogP contribution in [-0.2, 0) is 9.84 Å². The molecule has 1 unspecified atom stereocenters. The molecule has 0 rings (SSSR count). The van der Waals surface area contributed by atoms with Gasteiger partial charge in [0.05, 0.1) is 11.8 Å². The number of nitrogens with two attached hydrogens (primary N) is 1. The van der Waals surface area contributed by atoms with Crippen LogP contribution in [0.4, 0.5) is 0 Å². The number of sulfone groups is 1. The summed E-state index contributed by atoms with van der Waals surface area (Å²) in [6.07, 6.45) is 3.42. The Morgan fingerprint density at radius 1 is 1.44 bits per heavy atom. The van der Waals surface area contributed by atoms with Crippen LogP contribution in [0.5, 0.6) is 0 Å². The van der Waals surface area contributed by atoms with Crippen LogP contribution in [-0.4, -0.2) is 37.5 Å². The maximum Gasteiger partial charge on any atom is 0.148 e. The Bertz CT molecular complexity index is 335. The summed E-state index contributed by atoms with van der Waals surface area (Å²) >= 11 is 1.60. The van der Waals surface area contributed by atoms with Crippen LogP contribution in [0, 0.1) is 11.3 Å². The van der Waals surface area contributed by atoms with E-state index in [9.17, 15) is 8.42 Å². The van der Waals surface area contributed by atoms with Crippen molar-refractivity contribution in [1.82, 2.24) is 0 Å². The molecule has 0 fully saturated rings. The molecule has 16 heavy (non-hydrogen) atoms. The predicted molar refractivity (Wildman–Crippen MR) is 69.1 cm³/mol. The van der Waals surface area contributed by atoms with Gasteiger partial charge in [0.25, 0.3) is 0 Å². The standard InChI is InChI=1S/C10H20N2O2S2/c1-3-10(12,9-11)5-4-6-15-7-8-16(2,13)14/h3-8,12H2,1-2H3. The summed E-state index contributed by atoms with van der Waals surface area (Å²) in [6.45, 7) is 1.90. The number of hydrogen-bond donors (Lipinski definition) is 1. The maximum atomic E-state index is 10.8. The summed E-state index contributed by atoms with van der Waals surface area (Å²) in [7, 11) is -2.85. The normalized spacial score (nSPS) is 15.4. The van der Waals surface area contributed by atoms with E-state index < -0.39 is 15.4 Å². The van der Waals surface area contributed by atoms with Gasteiger partial charge < -0.3 is 5.73 Å². The van der Waals surface area contributed by atoms with Crippen molar-refractivity contribution in [3.63, 3.8) is 0 Å². The molecule has 0 saturated carbocycles. The molecule has 0 spiro atoms. The Labute approximate surface area is 103 Å². The van der Waals surface area contributed by atoms with E-state index in [1.165, 1.54) is 6.26 Å². The molecule has 0 aliphatic heterocycles. The first kappa shape index (κ1) is 15.8. The Hall–Kier alpha value is -0.250. The van der Waals surface area contributed by atoms with Gasteiger partial charge in [-0.3, -0.25) is 0 Å². The van der Waals surface area contributed by atoms with E-state index in [0.29, 0.717) is 18.6 Å². The fourth-order valence-corrected chi connectivity index (χ4v) is 3.35. The largest absolute Gasteiger partial charge is 0.313 e. The Balaban J connectivity index is 3.59. The Morgan fingerprint density at radius 2 is 2.06 bits per heavy atom. The highest BCUT2D eigenvalue weighted by atomic mass is 32.2. The van der Waals surface area contributed by atoms with Crippen molar-refractivity contribution in [2.75, 3.05) is 23.5 Å². The quantitative estimate of drug-likeness (QED) is 0.665. The lowest BCUT2D eigenvalue weighted by Crippen LogP contribution is -2.37. The van der Waals surface area contributed by atoms with Crippen molar-refractivity contribution in [1.29, 1.82) is 5.26 Å². The Morgan fingerprint density at radius 3 is 2.50 bits per heavy atom. The zero-order valence-corrected chi connectivity index (χ0v) is 11.5. The third kappa shape index (κ3) is 7.97. The summed E-state index contributed by atoms with van der Waals surface area (Å²) in [6, 6.07) is 2.12. The molecule has 0 aromatic rings. The second kappa shape index (κ2) is 7.15. The van der Waals surface area contributed by atoms with E-state index in [0.717, 1.165) is 12.2 Å². The molecule has 0 aliphatic carbocycles. The van der Waals surface area contributed by atoms with E-state index in [-0.39, 0.29) is 5.75 Å². The third-order valence-electron chi connectivity index (χ3n) is 2.36. The smallest absolute Gasteiger partial charge is 0.148 e. The molecule has 1 atom stereocenters. The average molecular weight is 264 g/mol. The fraction of sp³-hybridized carbons (Fsp3) is 0.900. The highest BCUT2D eigenvalue weighted by Crippen LogP contribution is 2.15. The number of nitrogens with zero attached hydrogens (tertiary/aromatic N) is 1. The minimum atomic E-state index is -2.85. The highest BCUT2D eigenvalue weighted by molar-refractivity contribution is 8.00. The van der Waals surface area contributed by atoms with Gasteiger partial charge in [-0.25, -0.2) is 8.42 Å². The maximum absolute atomic E-state index is 10.8. The zero-order valence-electron chi connectivity index (χ0n) is 9.90. The molecule has 0 radical (unpaired) electrons. The summed E-state index contributed by atoms with van der Waals surface area (Å²) in [4.78, 5) is 0. The second-order valence-corrected chi connectivity index (χ2v) is 7.45. The van der Waals surface area contributed by atoms with Crippen molar-refractivity contribution in [2.24, 2.45) is 5.73 Å². The van der Waals surface area contributed by atoms with Crippen molar-refractivity contribution in [3.8, 4) is 6.07 Å². The van der Waals surface area contributed by atoms with Gasteiger partial charge in [-0.15, -0.1) is 0 Å². The molecule has 94 valence electrons. The van der Waals surface area contributed by atoms with Crippen LogP contribution in [0.15, 0.2) is 0 Å². The molecule has 0 heterocycles. The van der Waals surface area contributed by atoms with Crippen LogP contribution in [0.2, 0.25) is 0 Å². The first-order valence-corrected chi connectivity index (χ1v) is 8.50. The topological polar surface area (TPSA) is 83.9 Å². The van der Waals surface area contributed by atoms with Gasteiger partial charge in [0.15, 0.2) is 0 Å². The molecule has 0 amide bonds. The zero-order chi connectivity index (χ0) is 12.7.